The molecule has 11 aromatic rings. The topological polar surface area (TPSA) is 43.6 Å². The molecule has 0 aliphatic rings. The highest BCUT2D eigenvalue weighted by molar-refractivity contribution is 7.26. The first-order valence-electron chi connectivity index (χ1n) is 22.5. The lowest BCUT2D eigenvalue weighted by atomic mass is 10.0. The summed E-state index contributed by atoms with van der Waals surface area (Å²) in [5, 5.41) is 2.47. The number of hydrogen-bond donors (Lipinski definition) is 0. The van der Waals surface area contributed by atoms with Gasteiger partial charge >= 0.3 is 0 Å². The van der Waals surface area contributed by atoms with Gasteiger partial charge in [-0.3, -0.25) is 0 Å². The van der Waals surface area contributed by atoms with Gasteiger partial charge in [0.15, 0.2) is 17.5 Å². The molecule has 0 unspecified atom stereocenters. The number of rotatable bonds is 6. The molecule has 0 atom stereocenters. The first-order chi connectivity index (χ1) is 31.5. The van der Waals surface area contributed by atoms with Gasteiger partial charge in [0.25, 0.3) is 0 Å². The van der Waals surface area contributed by atoms with Crippen LogP contribution in [0.2, 0.25) is 0 Å². The molecular formula is C51H32N4S. The third-order valence-electron chi connectivity index (χ3n) is 9.94. The number of thiophene rings is 1. The number of para-hydroxylation sites is 2. The third-order valence-corrected chi connectivity index (χ3v) is 11.2. The summed E-state index contributed by atoms with van der Waals surface area (Å²) < 4.78 is 84.9. The van der Waals surface area contributed by atoms with E-state index in [9.17, 15) is 5.48 Å². The average Bonchev–Trinajstić information content (AvgIpc) is 3.89. The fraction of sp³-hybridized carbons (Fsp3) is 0. The number of nitrogens with zero attached hydrogens (tertiary/aromatic N) is 4. The lowest BCUT2D eigenvalue weighted by Crippen LogP contribution is -2.03. The van der Waals surface area contributed by atoms with Crippen LogP contribution >= 0.6 is 11.3 Å². The van der Waals surface area contributed by atoms with Gasteiger partial charge in [-0.25, -0.2) is 15.0 Å². The Morgan fingerprint density at radius 3 is 2.02 bits per heavy atom. The van der Waals surface area contributed by atoms with Crippen molar-refractivity contribution in [3.05, 3.63) is 194 Å². The highest BCUT2D eigenvalue weighted by Crippen LogP contribution is 2.41. The van der Waals surface area contributed by atoms with E-state index in [0.717, 1.165) is 22.3 Å². The minimum absolute atomic E-state index is 0.0268. The van der Waals surface area contributed by atoms with E-state index in [0.29, 0.717) is 22.9 Å². The Bertz CT molecular complexity index is 3770. The van der Waals surface area contributed by atoms with Crippen LogP contribution < -0.4 is 0 Å². The summed E-state index contributed by atoms with van der Waals surface area (Å²) in [7, 11) is 0. The van der Waals surface area contributed by atoms with E-state index in [1.807, 2.05) is 54.6 Å². The highest BCUT2D eigenvalue weighted by atomic mass is 32.1. The molecule has 0 radical (unpaired) electrons. The molecule has 0 N–H and O–H groups in total. The first-order valence-corrected chi connectivity index (χ1v) is 18.9. The van der Waals surface area contributed by atoms with Crippen molar-refractivity contribution in [2.45, 2.75) is 0 Å². The summed E-state index contributed by atoms with van der Waals surface area (Å²) in [6.07, 6.45) is 0. The largest absolute Gasteiger partial charge is 0.309 e. The van der Waals surface area contributed by atoms with Gasteiger partial charge in [0.05, 0.1) is 29.1 Å². The van der Waals surface area contributed by atoms with E-state index in [4.69, 9.17) is 21.8 Å². The van der Waals surface area contributed by atoms with Crippen LogP contribution in [-0.2, 0) is 0 Å². The molecule has 262 valence electrons. The Kier molecular flexibility index (Phi) is 5.75. The van der Waals surface area contributed by atoms with E-state index in [1.165, 1.54) is 38.4 Å². The van der Waals surface area contributed by atoms with E-state index < -0.39 is 6.04 Å². The fourth-order valence-corrected chi connectivity index (χ4v) is 8.62. The maximum absolute atomic E-state index is 9.61. The van der Waals surface area contributed by atoms with Gasteiger partial charge in [0.1, 0.15) is 0 Å². The molecule has 3 heterocycles. The number of fused-ring (bicyclic) bond motifs is 6. The van der Waals surface area contributed by atoms with Crippen LogP contribution in [0.3, 0.4) is 0 Å². The van der Waals surface area contributed by atoms with Gasteiger partial charge in [-0.15, -0.1) is 11.3 Å². The fourth-order valence-electron chi connectivity index (χ4n) is 7.38. The van der Waals surface area contributed by atoms with Gasteiger partial charge in [-0.1, -0.05) is 152 Å². The SMILES string of the molecule is [2H]c1cc([2H])c(-c2c([2H])c([2H])c3c(c2[2H])c2c([2H])c([2H])cc([2H])c2n3-c2ccccc2-c2nc(-c3ccccc3)nc(-c3cccc(-c4cccc5c4sc4ccccc45)c3)n2)c([2H])c1. The summed E-state index contributed by atoms with van der Waals surface area (Å²) in [6, 6.07) is 40.8. The van der Waals surface area contributed by atoms with Crippen molar-refractivity contribution in [3.63, 3.8) is 0 Å². The lowest BCUT2D eigenvalue weighted by molar-refractivity contribution is 1.06. The average molecular weight is 742 g/mol. The Labute approximate surface area is 340 Å². The molecule has 0 amide bonds. The predicted octanol–water partition coefficient (Wildman–Crippen LogP) is 13.7. The summed E-state index contributed by atoms with van der Waals surface area (Å²) in [4.78, 5) is 15.2. The van der Waals surface area contributed by atoms with Crippen molar-refractivity contribution in [3.8, 4) is 62.1 Å². The molecule has 0 aliphatic carbocycles. The Morgan fingerprint density at radius 1 is 0.429 bits per heavy atom. The van der Waals surface area contributed by atoms with Crippen molar-refractivity contribution in [2.75, 3.05) is 0 Å². The van der Waals surface area contributed by atoms with Crippen LogP contribution in [0.1, 0.15) is 12.3 Å². The van der Waals surface area contributed by atoms with E-state index in [1.54, 1.807) is 28.0 Å². The van der Waals surface area contributed by atoms with E-state index in [-0.39, 0.29) is 87.1 Å². The first kappa shape index (κ1) is 24.2. The monoisotopic (exact) mass is 741 g/mol. The number of hydrogen-bond acceptors (Lipinski definition) is 4. The molecule has 56 heavy (non-hydrogen) atoms. The zero-order valence-corrected chi connectivity index (χ0v) is 30.3. The second-order valence-electron chi connectivity index (χ2n) is 13.3. The third kappa shape index (κ3) is 5.40. The molecule has 0 aliphatic heterocycles. The van der Waals surface area contributed by atoms with Crippen LogP contribution in [0.5, 0.6) is 0 Å². The van der Waals surface area contributed by atoms with Crippen molar-refractivity contribution in [1.29, 1.82) is 0 Å². The van der Waals surface area contributed by atoms with Crippen LogP contribution in [-0.4, -0.2) is 19.5 Å². The molecule has 3 aromatic heterocycles. The molecular weight excluding hydrogens is 701 g/mol. The van der Waals surface area contributed by atoms with E-state index >= 15 is 0 Å². The minimum Gasteiger partial charge on any atom is -0.309 e. The Balaban J connectivity index is 1.17. The van der Waals surface area contributed by atoms with Crippen LogP contribution in [0.15, 0.2) is 194 Å². The quantitative estimate of drug-likeness (QED) is 0.170. The number of aromatic nitrogens is 4. The molecule has 8 aromatic carbocycles. The molecule has 0 saturated carbocycles. The molecule has 0 bridgehead atoms. The van der Waals surface area contributed by atoms with Crippen molar-refractivity contribution < 1.29 is 12.3 Å². The summed E-state index contributed by atoms with van der Waals surface area (Å²) in [6.45, 7) is 0. The highest BCUT2D eigenvalue weighted by Gasteiger charge is 2.20. The molecule has 11 rings (SSSR count). The van der Waals surface area contributed by atoms with Crippen molar-refractivity contribution in [1.82, 2.24) is 19.5 Å². The molecule has 0 saturated heterocycles. The van der Waals surface area contributed by atoms with Gasteiger partial charge in [0.2, 0.25) is 0 Å². The summed E-state index contributed by atoms with van der Waals surface area (Å²) in [5.74, 6) is 1.06. The maximum Gasteiger partial charge on any atom is 0.166 e. The normalized spacial score (nSPS) is 13.8. The number of benzene rings is 8. The molecule has 4 nitrogen and oxygen atoms in total. The molecule has 0 fully saturated rings. The standard InChI is InChI=1S/C51H32N4S/c1-3-15-33(16-4-1)35-29-30-46-43(32-35)39-21-7-10-26-44(39)55(46)45-27-11-8-23-42(45)51-53-49(34-17-5-2-6-18-34)52-50(54-51)37-20-13-19-36(31-37)38-24-14-25-41-40-22-9-12-28-47(40)56-48(38)41/h1-32H/i1D,7D,15D,16D,21D,26D,29D,30D,32D. The molecule has 5 heteroatoms. The van der Waals surface area contributed by atoms with E-state index in [2.05, 4.69) is 54.6 Å². The zero-order valence-electron chi connectivity index (χ0n) is 38.5. The minimum atomic E-state index is -0.437. The van der Waals surface area contributed by atoms with Gasteiger partial charge < -0.3 is 4.57 Å². The second kappa shape index (κ2) is 13.3. The van der Waals surface area contributed by atoms with Crippen LogP contribution in [0, 0.1) is 0 Å². The zero-order chi connectivity index (χ0) is 44.8. The Morgan fingerprint density at radius 2 is 1.11 bits per heavy atom. The van der Waals surface area contributed by atoms with Gasteiger partial charge in [-0.2, -0.15) is 0 Å². The molecule has 0 spiro atoms. The van der Waals surface area contributed by atoms with Gasteiger partial charge in [0, 0.05) is 47.6 Å². The lowest BCUT2D eigenvalue weighted by Gasteiger charge is -2.15. The van der Waals surface area contributed by atoms with Crippen LogP contribution in [0.4, 0.5) is 0 Å². The van der Waals surface area contributed by atoms with Gasteiger partial charge in [-0.05, 0) is 64.6 Å². The van der Waals surface area contributed by atoms with Crippen molar-refractivity contribution >= 4 is 53.3 Å². The van der Waals surface area contributed by atoms with Crippen molar-refractivity contribution in [2.24, 2.45) is 0 Å². The van der Waals surface area contributed by atoms with Crippen LogP contribution in [0.25, 0.3) is 104 Å². The summed E-state index contributed by atoms with van der Waals surface area (Å²) >= 11 is 1.75. The second-order valence-corrected chi connectivity index (χ2v) is 14.3. The maximum atomic E-state index is 9.61. The summed E-state index contributed by atoms with van der Waals surface area (Å²) in [5.41, 5.74) is 4.31. The predicted molar refractivity (Wildman–Crippen MR) is 234 cm³/mol. The smallest absolute Gasteiger partial charge is 0.166 e. The Hall–Kier alpha value is -7.21.